The summed E-state index contributed by atoms with van der Waals surface area (Å²) in [5.41, 5.74) is 3.43. The fourth-order valence-electron chi connectivity index (χ4n) is 2.02. The fourth-order valence-corrected chi connectivity index (χ4v) is 2.58. The van der Waals surface area contributed by atoms with Gasteiger partial charge in [0.2, 0.25) is 0 Å². The molecule has 0 saturated carbocycles. The monoisotopic (exact) mass is 224 g/mol. The van der Waals surface area contributed by atoms with Crippen LogP contribution >= 0.6 is 15.9 Å². The zero-order valence-corrected chi connectivity index (χ0v) is 9.11. The molecular formula is C11H13Br. The highest BCUT2D eigenvalue weighted by atomic mass is 79.9. The second kappa shape index (κ2) is 2.59. The van der Waals surface area contributed by atoms with Crippen LogP contribution in [0.1, 0.15) is 31.4 Å². The zero-order valence-electron chi connectivity index (χ0n) is 7.52. The summed E-state index contributed by atoms with van der Waals surface area (Å²) in [5, 5.41) is 0. The first-order chi connectivity index (χ1) is 5.61. The van der Waals surface area contributed by atoms with Gasteiger partial charge in [0.05, 0.1) is 0 Å². The summed E-state index contributed by atoms with van der Waals surface area (Å²) in [6.07, 6.45) is 2.51. The van der Waals surface area contributed by atoms with E-state index in [9.17, 15) is 0 Å². The quantitative estimate of drug-likeness (QED) is 0.631. The van der Waals surface area contributed by atoms with Gasteiger partial charge in [-0.15, -0.1) is 0 Å². The van der Waals surface area contributed by atoms with Crippen LogP contribution in [0.25, 0.3) is 0 Å². The van der Waals surface area contributed by atoms with Crippen LogP contribution < -0.4 is 0 Å². The van der Waals surface area contributed by atoms with Crippen LogP contribution in [0.4, 0.5) is 0 Å². The maximum absolute atomic E-state index is 3.60. The van der Waals surface area contributed by atoms with Gasteiger partial charge in [-0.05, 0) is 35.4 Å². The topological polar surface area (TPSA) is 0 Å². The van der Waals surface area contributed by atoms with Crippen molar-refractivity contribution in [2.75, 3.05) is 0 Å². The Morgan fingerprint density at radius 1 is 1.33 bits per heavy atom. The van der Waals surface area contributed by atoms with Crippen molar-refractivity contribution in [3.05, 3.63) is 33.8 Å². The van der Waals surface area contributed by atoms with E-state index in [2.05, 4.69) is 48.0 Å². The van der Waals surface area contributed by atoms with Gasteiger partial charge in [0, 0.05) is 4.47 Å². The highest BCUT2D eigenvalue weighted by Crippen LogP contribution is 2.40. The first-order valence-electron chi connectivity index (χ1n) is 4.39. The number of hydrogen-bond acceptors (Lipinski definition) is 0. The molecule has 0 nitrogen and oxygen atoms in total. The van der Waals surface area contributed by atoms with Crippen molar-refractivity contribution in [1.82, 2.24) is 0 Å². The van der Waals surface area contributed by atoms with E-state index in [1.54, 1.807) is 0 Å². The Morgan fingerprint density at radius 2 is 2.08 bits per heavy atom. The first-order valence-corrected chi connectivity index (χ1v) is 5.18. The summed E-state index contributed by atoms with van der Waals surface area (Å²) in [5.74, 6) is 0. The molecule has 2 rings (SSSR count). The minimum atomic E-state index is 0.388. The van der Waals surface area contributed by atoms with Gasteiger partial charge in [0.1, 0.15) is 0 Å². The average molecular weight is 225 g/mol. The third kappa shape index (κ3) is 1.11. The van der Waals surface area contributed by atoms with Crippen molar-refractivity contribution in [3.8, 4) is 0 Å². The highest BCUT2D eigenvalue weighted by Gasteiger charge is 2.30. The van der Waals surface area contributed by atoms with Crippen LogP contribution in [-0.2, 0) is 11.8 Å². The average Bonchev–Trinajstić information content (AvgIpc) is 2.30. The van der Waals surface area contributed by atoms with Crippen molar-refractivity contribution >= 4 is 15.9 Å². The van der Waals surface area contributed by atoms with E-state index < -0.39 is 0 Å². The predicted molar refractivity (Wildman–Crippen MR) is 55.5 cm³/mol. The lowest BCUT2D eigenvalue weighted by Gasteiger charge is -2.18. The molecule has 0 unspecified atom stereocenters. The summed E-state index contributed by atoms with van der Waals surface area (Å²) in [4.78, 5) is 0. The van der Waals surface area contributed by atoms with E-state index in [4.69, 9.17) is 0 Å². The van der Waals surface area contributed by atoms with E-state index in [1.807, 2.05) is 0 Å². The standard InChI is InChI=1S/C11H13Br/c1-11(2)7-6-8-9(11)4-3-5-10(8)12/h3-5H,6-7H2,1-2H3. The molecule has 1 heteroatoms. The van der Waals surface area contributed by atoms with Crippen LogP contribution in [0.15, 0.2) is 22.7 Å². The lowest BCUT2D eigenvalue weighted by atomic mass is 9.87. The Labute approximate surface area is 82.1 Å². The Bertz CT molecular complexity index is 313. The van der Waals surface area contributed by atoms with E-state index in [0.717, 1.165) is 0 Å². The zero-order chi connectivity index (χ0) is 8.77. The van der Waals surface area contributed by atoms with Crippen LogP contribution in [0.5, 0.6) is 0 Å². The van der Waals surface area contributed by atoms with Gasteiger partial charge < -0.3 is 0 Å². The molecule has 1 aromatic rings. The maximum Gasteiger partial charge on any atom is 0.0210 e. The number of benzene rings is 1. The number of halogens is 1. The molecule has 0 heterocycles. The highest BCUT2D eigenvalue weighted by molar-refractivity contribution is 9.10. The Morgan fingerprint density at radius 3 is 2.75 bits per heavy atom. The van der Waals surface area contributed by atoms with Crippen LogP contribution in [0.3, 0.4) is 0 Å². The summed E-state index contributed by atoms with van der Waals surface area (Å²) in [7, 11) is 0. The van der Waals surface area contributed by atoms with Crippen LogP contribution in [-0.4, -0.2) is 0 Å². The molecule has 0 atom stereocenters. The van der Waals surface area contributed by atoms with Gasteiger partial charge in [-0.3, -0.25) is 0 Å². The SMILES string of the molecule is CC1(C)CCc2c(Br)cccc21. The molecule has 0 aromatic heterocycles. The molecule has 0 saturated heterocycles. The number of hydrogen-bond donors (Lipinski definition) is 0. The second-order valence-corrected chi connectivity index (χ2v) is 5.00. The molecule has 0 amide bonds. The molecule has 0 spiro atoms. The summed E-state index contributed by atoms with van der Waals surface area (Å²) >= 11 is 3.60. The summed E-state index contributed by atoms with van der Waals surface area (Å²) in [6.45, 7) is 4.65. The largest absolute Gasteiger partial charge is 0.0608 e. The minimum Gasteiger partial charge on any atom is -0.0608 e. The van der Waals surface area contributed by atoms with Crippen LogP contribution in [0, 0.1) is 0 Å². The van der Waals surface area contributed by atoms with E-state index in [-0.39, 0.29) is 0 Å². The van der Waals surface area contributed by atoms with E-state index in [0.29, 0.717) is 5.41 Å². The van der Waals surface area contributed by atoms with E-state index in [1.165, 1.54) is 28.4 Å². The molecule has 1 aromatic carbocycles. The molecule has 0 aliphatic heterocycles. The third-order valence-corrected chi connectivity index (χ3v) is 3.59. The molecule has 12 heavy (non-hydrogen) atoms. The molecule has 0 bridgehead atoms. The lowest BCUT2D eigenvalue weighted by Crippen LogP contribution is -2.11. The Hall–Kier alpha value is -0.300. The van der Waals surface area contributed by atoms with Gasteiger partial charge in [-0.1, -0.05) is 41.9 Å². The summed E-state index contributed by atoms with van der Waals surface area (Å²) < 4.78 is 1.28. The smallest absolute Gasteiger partial charge is 0.0210 e. The molecule has 1 aliphatic carbocycles. The molecule has 0 N–H and O–H groups in total. The normalized spacial score (nSPS) is 19.2. The molecular weight excluding hydrogens is 212 g/mol. The van der Waals surface area contributed by atoms with Gasteiger partial charge in [0.25, 0.3) is 0 Å². The molecule has 0 radical (unpaired) electrons. The first kappa shape index (κ1) is 8.31. The van der Waals surface area contributed by atoms with Gasteiger partial charge >= 0.3 is 0 Å². The second-order valence-electron chi connectivity index (χ2n) is 4.15. The van der Waals surface area contributed by atoms with Crippen molar-refractivity contribution < 1.29 is 0 Å². The van der Waals surface area contributed by atoms with Crippen LogP contribution in [0.2, 0.25) is 0 Å². The Balaban J connectivity index is 2.61. The third-order valence-electron chi connectivity index (χ3n) is 2.85. The van der Waals surface area contributed by atoms with Gasteiger partial charge in [0.15, 0.2) is 0 Å². The number of fused-ring (bicyclic) bond motifs is 1. The van der Waals surface area contributed by atoms with Crippen molar-refractivity contribution in [3.63, 3.8) is 0 Å². The van der Waals surface area contributed by atoms with Gasteiger partial charge in [-0.25, -0.2) is 0 Å². The molecule has 64 valence electrons. The fraction of sp³-hybridized carbons (Fsp3) is 0.455. The summed E-state index contributed by atoms with van der Waals surface area (Å²) in [6, 6.07) is 6.53. The molecule has 0 fully saturated rings. The van der Waals surface area contributed by atoms with E-state index >= 15 is 0 Å². The maximum atomic E-state index is 3.60. The predicted octanol–water partition coefficient (Wildman–Crippen LogP) is 3.67. The Kier molecular flexibility index (Phi) is 1.80. The number of rotatable bonds is 0. The molecule has 1 aliphatic rings. The van der Waals surface area contributed by atoms with Gasteiger partial charge in [-0.2, -0.15) is 0 Å². The lowest BCUT2D eigenvalue weighted by molar-refractivity contribution is 0.522. The minimum absolute atomic E-state index is 0.388. The van der Waals surface area contributed by atoms with Crippen molar-refractivity contribution in [2.24, 2.45) is 0 Å². The van der Waals surface area contributed by atoms with Crippen molar-refractivity contribution in [1.29, 1.82) is 0 Å². The van der Waals surface area contributed by atoms with Crippen molar-refractivity contribution in [2.45, 2.75) is 32.1 Å².